The third kappa shape index (κ3) is 3.19. The predicted molar refractivity (Wildman–Crippen MR) is 69.9 cm³/mol. The first-order valence-corrected chi connectivity index (χ1v) is 5.66. The van der Waals surface area contributed by atoms with E-state index in [-0.39, 0.29) is 11.8 Å². The van der Waals surface area contributed by atoms with Gasteiger partial charge in [-0.2, -0.15) is 0 Å². The number of amides is 2. The van der Waals surface area contributed by atoms with Crippen LogP contribution >= 0.6 is 0 Å². The predicted octanol–water partition coefficient (Wildman–Crippen LogP) is 2.19. The van der Waals surface area contributed by atoms with Gasteiger partial charge in [-0.1, -0.05) is 5.16 Å². The summed E-state index contributed by atoms with van der Waals surface area (Å²) in [7, 11) is 0. The van der Waals surface area contributed by atoms with Crippen LogP contribution in [0.15, 0.2) is 35.1 Å². The SMILES string of the molecule is CC(=O)Nc1ccc(NC(=O)c2conc2C)cc1. The number of anilines is 2. The molecule has 6 heteroatoms. The van der Waals surface area contributed by atoms with Gasteiger partial charge in [-0.3, -0.25) is 9.59 Å². The summed E-state index contributed by atoms with van der Waals surface area (Å²) in [6.07, 6.45) is 1.30. The Morgan fingerprint density at radius 3 is 2.16 bits per heavy atom. The Labute approximate surface area is 109 Å². The van der Waals surface area contributed by atoms with E-state index in [1.165, 1.54) is 13.2 Å². The summed E-state index contributed by atoms with van der Waals surface area (Å²) < 4.78 is 4.71. The lowest BCUT2D eigenvalue weighted by Crippen LogP contribution is -2.12. The van der Waals surface area contributed by atoms with Crippen LogP contribution in [0.5, 0.6) is 0 Å². The van der Waals surface area contributed by atoms with Crippen molar-refractivity contribution in [3.63, 3.8) is 0 Å². The molecule has 0 atom stereocenters. The molecule has 0 unspecified atom stereocenters. The molecule has 0 aliphatic rings. The molecule has 2 N–H and O–H groups in total. The average molecular weight is 259 g/mol. The lowest BCUT2D eigenvalue weighted by atomic mass is 10.2. The topological polar surface area (TPSA) is 84.2 Å². The second kappa shape index (κ2) is 5.34. The smallest absolute Gasteiger partial charge is 0.260 e. The molecular formula is C13H13N3O3. The minimum Gasteiger partial charge on any atom is -0.364 e. The van der Waals surface area contributed by atoms with E-state index < -0.39 is 0 Å². The van der Waals surface area contributed by atoms with Crippen molar-refractivity contribution < 1.29 is 14.1 Å². The Hall–Kier alpha value is -2.63. The van der Waals surface area contributed by atoms with Gasteiger partial charge in [0, 0.05) is 18.3 Å². The molecule has 0 aliphatic heterocycles. The molecule has 19 heavy (non-hydrogen) atoms. The first-order chi connectivity index (χ1) is 9.06. The van der Waals surface area contributed by atoms with E-state index in [2.05, 4.69) is 15.8 Å². The van der Waals surface area contributed by atoms with Crippen molar-refractivity contribution in [2.75, 3.05) is 10.6 Å². The van der Waals surface area contributed by atoms with Crippen molar-refractivity contribution >= 4 is 23.2 Å². The molecule has 1 heterocycles. The van der Waals surface area contributed by atoms with Gasteiger partial charge in [0.05, 0.1) is 5.69 Å². The van der Waals surface area contributed by atoms with Crippen molar-refractivity contribution in [2.45, 2.75) is 13.8 Å². The van der Waals surface area contributed by atoms with E-state index in [0.29, 0.717) is 22.6 Å². The van der Waals surface area contributed by atoms with Gasteiger partial charge in [-0.05, 0) is 31.2 Å². The summed E-state index contributed by atoms with van der Waals surface area (Å²) in [6.45, 7) is 3.13. The first kappa shape index (κ1) is 12.8. The van der Waals surface area contributed by atoms with Crippen molar-refractivity contribution in [3.8, 4) is 0 Å². The summed E-state index contributed by atoms with van der Waals surface area (Å²) in [5.41, 5.74) is 2.23. The second-order valence-electron chi connectivity index (χ2n) is 4.03. The molecule has 2 aromatic rings. The van der Waals surface area contributed by atoms with E-state index in [4.69, 9.17) is 4.52 Å². The molecule has 0 radical (unpaired) electrons. The molecule has 0 saturated heterocycles. The summed E-state index contributed by atoms with van der Waals surface area (Å²) in [5, 5.41) is 9.00. The zero-order chi connectivity index (χ0) is 13.8. The zero-order valence-electron chi connectivity index (χ0n) is 10.6. The number of benzene rings is 1. The number of nitrogens with one attached hydrogen (secondary N) is 2. The fourth-order valence-electron chi connectivity index (χ4n) is 1.55. The maximum Gasteiger partial charge on any atom is 0.260 e. The molecule has 0 saturated carbocycles. The molecule has 98 valence electrons. The molecule has 6 nitrogen and oxygen atoms in total. The quantitative estimate of drug-likeness (QED) is 0.884. The highest BCUT2D eigenvalue weighted by Crippen LogP contribution is 2.15. The van der Waals surface area contributed by atoms with Gasteiger partial charge < -0.3 is 15.2 Å². The highest BCUT2D eigenvalue weighted by molar-refractivity contribution is 6.04. The summed E-state index contributed by atoms with van der Waals surface area (Å²) >= 11 is 0. The number of hydrogen-bond acceptors (Lipinski definition) is 4. The van der Waals surface area contributed by atoms with Crippen molar-refractivity contribution in [1.29, 1.82) is 0 Å². The maximum absolute atomic E-state index is 11.9. The first-order valence-electron chi connectivity index (χ1n) is 5.66. The Morgan fingerprint density at radius 1 is 1.11 bits per heavy atom. The molecule has 0 aliphatic carbocycles. The van der Waals surface area contributed by atoms with Gasteiger partial charge in [-0.15, -0.1) is 0 Å². The number of nitrogens with zero attached hydrogens (tertiary/aromatic N) is 1. The van der Waals surface area contributed by atoms with Gasteiger partial charge in [-0.25, -0.2) is 0 Å². The lowest BCUT2D eigenvalue weighted by Gasteiger charge is -2.06. The van der Waals surface area contributed by atoms with Crippen LogP contribution in [0.4, 0.5) is 11.4 Å². The van der Waals surface area contributed by atoms with E-state index in [9.17, 15) is 9.59 Å². The molecule has 1 aromatic carbocycles. The molecular weight excluding hydrogens is 246 g/mol. The van der Waals surface area contributed by atoms with Gasteiger partial charge in [0.25, 0.3) is 5.91 Å². The van der Waals surface area contributed by atoms with Crippen LogP contribution in [0.1, 0.15) is 23.0 Å². The van der Waals surface area contributed by atoms with Gasteiger partial charge >= 0.3 is 0 Å². The van der Waals surface area contributed by atoms with Crippen LogP contribution in [0.2, 0.25) is 0 Å². The van der Waals surface area contributed by atoms with Crippen LogP contribution in [0.3, 0.4) is 0 Å². The van der Waals surface area contributed by atoms with Gasteiger partial charge in [0.2, 0.25) is 5.91 Å². The summed E-state index contributed by atoms with van der Waals surface area (Å²) in [4.78, 5) is 22.7. The van der Waals surface area contributed by atoms with Crippen LogP contribution in [-0.4, -0.2) is 17.0 Å². The van der Waals surface area contributed by atoms with Crippen molar-refractivity contribution in [3.05, 3.63) is 41.8 Å². The Bertz CT molecular complexity index is 602. The van der Waals surface area contributed by atoms with Crippen molar-refractivity contribution in [1.82, 2.24) is 5.16 Å². The molecule has 0 bridgehead atoms. The number of aromatic nitrogens is 1. The molecule has 2 rings (SSSR count). The normalized spacial score (nSPS) is 10.0. The van der Waals surface area contributed by atoms with Gasteiger partial charge in [0.15, 0.2) is 0 Å². The van der Waals surface area contributed by atoms with E-state index in [1.807, 2.05) is 0 Å². The Kier molecular flexibility index (Phi) is 3.61. The number of carbonyl (C=O) groups excluding carboxylic acids is 2. The number of carbonyl (C=O) groups is 2. The highest BCUT2D eigenvalue weighted by Gasteiger charge is 2.12. The summed E-state index contributed by atoms with van der Waals surface area (Å²) in [5.74, 6) is -0.428. The zero-order valence-corrected chi connectivity index (χ0v) is 10.6. The molecule has 0 spiro atoms. The fourth-order valence-corrected chi connectivity index (χ4v) is 1.55. The van der Waals surface area contributed by atoms with Crippen LogP contribution in [-0.2, 0) is 4.79 Å². The standard InChI is InChI=1S/C13H13N3O3/c1-8-12(7-19-16-8)13(18)15-11-5-3-10(4-6-11)14-9(2)17/h3-7H,1-2H3,(H,14,17)(H,15,18). The monoisotopic (exact) mass is 259 g/mol. The Morgan fingerprint density at radius 2 is 1.68 bits per heavy atom. The van der Waals surface area contributed by atoms with Crippen LogP contribution in [0.25, 0.3) is 0 Å². The van der Waals surface area contributed by atoms with Crippen LogP contribution < -0.4 is 10.6 Å². The van der Waals surface area contributed by atoms with Crippen LogP contribution in [0, 0.1) is 6.92 Å². The van der Waals surface area contributed by atoms with E-state index >= 15 is 0 Å². The highest BCUT2D eigenvalue weighted by atomic mass is 16.5. The lowest BCUT2D eigenvalue weighted by molar-refractivity contribution is -0.114. The second-order valence-corrected chi connectivity index (χ2v) is 4.03. The fraction of sp³-hybridized carbons (Fsp3) is 0.154. The number of hydrogen-bond donors (Lipinski definition) is 2. The largest absolute Gasteiger partial charge is 0.364 e. The Balaban J connectivity index is 2.06. The molecule has 1 aromatic heterocycles. The maximum atomic E-state index is 11.9. The average Bonchev–Trinajstić information content (AvgIpc) is 2.77. The third-order valence-corrected chi connectivity index (χ3v) is 2.46. The minimum absolute atomic E-state index is 0.142. The third-order valence-electron chi connectivity index (χ3n) is 2.46. The molecule has 2 amide bonds. The summed E-state index contributed by atoms with van der Waals surface area (Å²) in [6, 6.07) is 6.81. The van der Waals surface area contributed by atoms with E-state index in [0.717, 1.165) is 0 Å². The van der Waals surface area contributed by atoms with Gasteiger partial charge in [0.1, 0.15) is 11.8 Å². The number of rotatable bonds is 3. The minimum atomic E-state index is -0.286. The molecule has 0 fully saturated rings. The number of aryl methyl sites for hydroxylation is 1. The van der Waals surface area contributed by atoms with Crippen molar-refractivity contribution in [2.24, 2.45) is 0 Å². The van der Waals surface area contributed by atoms with E-state index in [1.54, 1.807) is 31.2 Å².